The highest BCUT2D eigenvalue weighted by atomic mass is 16.5. The van der Waals surface area contributed by atoms with Gasteiger partial charge in [0.25, 0.3) is 0 Å². The number of nitrogens with one attached hydrogen (secondary N) is 1. The molecule has 0 amide bonds. The van der Waals surface area contributed by atoms with E-state index in [2.05, 4.69) is 117 Å². The lowest BCUT2D eigenvalue weighted by molar-refractivity contribution is 0.295. The monoisotopic (exact) mass is 906 g/mol. The van der Waals surface area contributed by atoms with Crippen LogP contribution in [-0.2, 0) is 45.5 Å². The molecule has 10 nitrogen and oxygen atoms in total. The zero-order chi connectivity index (χ0) is 46.8. The van der Waals surface area contributed by atoms with E-state index in [4.69, 9.17) is 19.3 Å². The third-order valence-electron chi connectivity index (χ3n) is 12.2. The minimum Gasteiger partial charge on any atom is -0.507 e. The van der Waals surface area contributed by atoms with Crippen LogP contribution in [0.2, 0.25) is 0 Å². The van der Waals surface area contributed by atoms with Crippen LogP contribution in [0.5, 0.6) is 23.0 Å². The van der Waals surface area contributed by atoms with Gasteiger partial charge in [-0.25, -0.2) is 0 Å². The Morgan fingerprint density at radius 2 is 0.783 bits per heavy atom. The summed E-state index contributed by atoms with van der Waals surface area (Å²) in [6, 6.07) is 62.8. The number of azo groups is 2. The summed E-state index contributed by atoms with van der Waals surface area (Å²) in [5.41, 5.74) is 12.8. The zero-order valence-electron chi connectivity index (χ0n) is 38.3. The van der Waals surface area contributed by atoms with Crippen molar-refractivity contribution in [1.82, 2.24) is 10.2 Å². The molecule has 1 aliphatic rings. The standard InChI is InChI=1S/C59H50N6O4/c1-40-54(63-61-52-29-12-5-13-30-52)59(64-60-40)65-62-53-35-50-33-48-27-15-25-46(57(48)68-38-42-19-8-3-9-20-42)31-44-23-14-24-45(56(44)67-37-41-17-6-2-7-18-41)32-47-26-16-28-49(34-51(36-53)55(50)66)58(47)69-39-43-21-10-4-11-22-43/h2-30,35-36,66H,31-34,37-39H2,1H3,(H,60,64). The average Bonchev–Trinajstić information content (AvgIpc) is 3.74. The summed E-state index contributed by atoms with van der Waals surface area (Å²) in [5, 5.41) is 38.1. The number of phenols is 1. The maximum absolute atomic E-state index is 12.4. The lowest BCUT2D eigenvalue weighted by Gasteiger charge is -2.22. The number of phenolic OH excluding ortho intramolecular Hbond substituents is 1. The molecule has 0 atom stereocenters. The first-order valence-electron chi connectivity index (χ1n) is 23.1. The van der Waals surface area contributed by atoms with Gasteiger partial charge in [0.1, 0.15) is 42.8 Å². The van der Waals surface area contributed by atoms with E-state index in [0.29, 0.717) is 85.2 Å². The van der Waals surface area contributed by atoms with Crippen LogP contribution in [-0.4, -0.2) is 15.3 Å². The van der Waals surface area contributed by atoms with Gasteiger partial charge in [0.2, 0.25) is 5.82 Å². The number of aromatic amines is 1. The second-order valence-corrected chi connectivity index (χ2v) is 17.1. The number of aromatic hydroxyl groups is 1. The van der Waals surface area contributed by atoms with Gasteiger partial charge in [-0.3, -0.25) is 5.10 Å². The van der Waals surface area contributed by atoms with E-state index in [1.807, 2.05) is 104 Å². The Labute approximate surface area is 401 Å². The molecule has 340 valence electrons. The second-order valence-electron chi connectivity index (χ2n) is 17.1. The molecule has 1 heterocycles. The molecule has 2 N–H and O–H groups in total. The number of hydrogen-bond acceptors (Lipinski definition) is 9. The maximum atomic E-state index is 12.4. The van der Waals surface area contributed by atoms with Gasteiger partial charge in [-0.15, -0.1) is 15.3 Å². The molecule has 1 aliphatic carbocycles. The normalized spacial score (nSPS) is 12.3. The number of rotatable bonds is 13. The number of aromatic nitrogens is 2. The van der Waals surface area contributed by atoms with E-state index in [9.17, 15) is 5.11 Å². The summed E-state index contributed by atoms with van der Waals surface area (Å²) in [5.74, 6) is 2.80. The van der Waals surface area contributed by atoms with Crippen molar-refractivity contribution in [2.75, 3.05) is 0 Å². The SMILES string of the molecule is Cc1[nH]nc(N=Nc2cc3c(O)c(c2)Cc2cccc(c2OCc2ccccc2)Cc2cccc(c2OCc2ccccc2)Cc2cccc(c2OCc2ccccc2)C3)c1N=Nc1ccccc1. The number of hydrogen-bond donors (Lipinski definition) is 2. The summed E-state index contributed by atoms with van der Waals surface area (Å²) < 4.78 is 20.6. The average molecular weight is 907 g/mol. The molecule has 1 aromatic heterocycles. The van der Waals surface area contributed by atoms with Crippen molar-refractivity contribution in [2.24, 2.45) is 20.5 Å². The van der Waals surface area contributed by atoms with Gasteiger partial charge < -0.3 is 19.3 Å². The third kappa shape index (κ3) is 10.7. The molecule has 69 heavy (non-hydrogen) atoms. The van der Waals surface area contributed by atoms with Crippen LogP contribution in [0.15, 0.2) is 209 Å². The zero-order valence-corrected chi connectivity index (χ0v) is 38.3. The Balaban J connectivity index is 1.11. The summed E-state index contributed by atoms with van der Waals surface area (Å²) in [7, 11) is 0. The number of fused-ring (bicyclic) bond motifs is 8. The van der Waals surface area contributed by atoms with Gasteiger partial charge in [0.15, 0.2) is 5.69 Å². The minimum absolute atomic E-state index is 0.162. The molecule has 8 aromatic carbocycles. The highest BCUT2D eigenvalue weighted by Crippen LogP contribution is 2.41. The molecule has 0 radical (unpaired) electrons. The highest BCUT2D eigenvalue weighted by Gasteiger charge is 2.22. The maximum Gasteiger partial charge on any atom is 0.223 e. The molecule has 0 spiro atoms. The summed E-state index contributed by atoms with van der Waals surface area (Å²) in [4.78, 5) is 0. The molecule has 0 saturated heterocycles. The first kappa shape index (κ1) is 44.2. The number of para-hydroxylation sites is 3. The molecule has 8 bridgehead atoms. The largest absolute Gasteiger partial charge is 0.507 e. The molecule has 0 saturated carbocycles. The van der Waals surface area contributed by atoms with Crippen molar-refractivity contribution in [1.29, 1.82) is 0 Å². The first-order chi connectivity index (χ1) is 34.0. The van der Waals surface area contributed by atoms with E-state index in [1.54, 1.807) is 0 Å². The Kier molecular flexibility index (Phi) is 13.4. The fourth-order valence-electron chi connectivity index (χ4n) is 8.69. The second kappa shape index (κ2) is 20.9. The van der Waals surface area contributed by atoms with Crippen LogP contribution in [0.3, 0.4) is 0 Å². The Bertz CT molecular complexity index is 3110. The number of ether oxygens (including phenoxy) is 3. The van der Waals surface area contributed by atoms with Crippen LogP contribution >= 0.6 is 0 Å². The molecule has 0 unspecified atom stereocenters. The molecule has 0 aliphatic heterocycles. The summed E-state index contributed by atoms with van der Waals surface area (Å²) >= 11 is 0. The van der Waals surface area contributed by atoms with Crippen LogP contribution in [0.25, 0.3) is 0 Å². The number of aryl methyl sites for hydroxylation is 1. The van der Waals surface area contributed by atoms with Crippen LogP contribution in [0.4, 0.5) is 22.9 Å². The van der Waals surface area contributed by atoms with Crippen molar-refractivity contribution in [3.8, 4) is 23.0 Å². The van der Waals surface area contributed by atoms with Crippen molar-refractivity contribution >= 4 is 22.9 Å². The van der Waals surface area contributed by atoms with Gasteiger partial charge >= 0.3 is 0 Å². The van der Waals surface area contributed by atoms with E-state index >= 15 is 0 Å². The van der Waals surface area contributed by atoms with Crippen LogP contribution < -0.4 is 14.2 Å². The first-order valence-corrected chi connectivity index (χ1v) is 23.1. The number of nitrogens with zero attached hydrogens (tertiary/aromatic N) is 5. The topological polar surface area (TPSA) is 126 Å². The predicted octanol–water partition coefficient (Wildman–Crippen LogP) is 14.7. The molecular weight excluding hydrogens is 857 g/mol. The smallest absolute Gasteiger partial charge is 0.223 e. The van der Waals surface area contributed by atoms with Crippen LogP contribution in [0, 0.1) is 6.92 Å². The third-order valence-corrected chi connectivity index (χ3v) is 12.2. The number of benzene rings is 8. The van der Waals surface area contributed by atoms with Gasteiger partial charge in [0, 0.05) is 36.8 Å². The molecule has 10 rings (SSSR count). The summed E-state index contributed by atoms with van der Waals surface area (Å²) in [6.07, 6.45) is 1.75. The number of H-pyrrole nitrogens is 1. The fraction of sp³-hybridized carbons (Fsp3) is 0.136. The van der Waals surface area contributed by atoms with E-state index in [-0.39, 0.29) is 5.75 Å². The molecule has 9 aromatic rings. The van der Waals surface area contributed by atoms with Crippen LogP contribution in [0.1, 0.15) is 66.9 Å². The predicted molar refractivity (Wildman–Crippen MR) is 269 cm³/mol. The van der Waals surface area contributed by atoms with Crippen molar-refractivity contribution in [3.05, 3.63) is 255 Å². The van der Waals surface area contributed by atoms with Crippen molar-refractivity contribution in [2.45, 2.75) is 52.4 Å². The molecular formula is C59H50N6O4. The Morgan fingerprint density at radius 3 is 1.19 bits per heavy atom. The van der Waals surface area contributed by atoms with Crippen molar-refractivity contribution < 1.29 is 19.3 Å². The highest BCUT2D eigenvalue weighted by molar-refractivity contribution is 5.62. The fourth-order valence-corrected chi connectivity index (χ4v) is 8.69. The lowest BCUT2D eigenvalue weighted by Crippen LogP contribution is -2.08. The van der Waals surface area contributed by atoms with Gasteiger partial charge in [-0.1, -0.05) is 164 Å². The minimum atomic E-state index is 0.162. The van der Waals surface area contributed by atoms with Crippen molar-refractivity contribution in [3.63, 3.8) is 0 Å². The quantitative estimate of drug-likeness (QED) is 0.111. The van der Waals surface area contributed by atoms with Gasteiger partial charge in [-0.05, 0) is 81.3 Å². The van der Waals surface area contributed by atoms with E-state index < -0.39 is 0 Å². The summed E-state index contributed by atoms with van der Waals surface area (Å²) in [6.45, 7) is 3.00. The Hall–Kier alpha value is -8.63. The lowest BCUT2D eigenvalue weighted by atomic mass is 9.91. The van der Waals surface area contributed by atoms with E-state index in [1.165, 1.54) is 0 Å². The molecule has 10 heteroatoms. The molecule has 0 fully saturated rings. The Morgan fingerprint density at radius 1 is 0.420 bits per heavy atom. The van der Waals surface area contributed by atoms with Gasteiger partial charge in [0.05, 0.1) is 17.1 Å². The van der Waals surface area contributed by atoms with Gasteiger partial charge in [-0.2, -0.15) is 10.2 Å². The van der Waals surface area contributed by atoms with E-state index in [0.717, 1.165) is 67.3 Å².